The fourth-order valence-electron chi connectivity index (χ4n) is 1.49. The second-order valence-corrected chi connectivity index (χ2v) is 4.89. The number of hydrogen-bond donors (Lipinski definition) is 1. The Morgan fingerprint density at radius 3 is 2.33 bits per heavy atom. The van der Waals surface area contributed by atoms with Crippen molar-refractivity contribution >= 4 is 5.91 Å². The zero-order chi connectivity index (χ0) is 11.7. The molecule has 2 nitrogen and oxygen atoms in total. The molecule has 0 spiro atoms. The van der Waals surface area contributed by atoms with Crippen LogP contribution in [0.4, 0.5) is 0 Å². The van der Waals surface area contributed by atoms with E-state index in [0.717, 1.165) is 13.0 Å². The van der Waals surface area contributed by atoms with Crippen molar-refractivity contribution in [1.82, 2.24) is 5.32 Å². The fraction of sp³-hybridized carbons (Fsp3) is 0.923. The number of unbranched alkanes of at least 4 members (excludes halogenated alkanes) is 3. The summed E-state index contributed by atoms with van der Waals surface area (Å²) in [5.74, 6) is 0.946. The van der Waals surface area contributed by atoms with Gasteiger partial charge in [-0.05, 0) is 12.3 Å². The van der Waals surface area contributed by atoms with E-state index in [-0.39, 0.29) is 11.8 Å². The van der Waals surface area contributed by atoms with E-state index in [1.165, 1.54) is 25.7 Å². The quantitative estimate of drug-likeness (QED) is 0.615. The van der Waals surface area contributed by atoms with Crippen LogP contribution in [0.15, 0.2) is 0 Å². The molecule has 0 saturated heterocycles. The lowest BCUT2D eigenvalue weighted by atomic mass is 10.0. The summed E-state index contributed by atoms with van der Waals surface area (Å²) >= 11 is 0. The van der Waals surface area contributed by atoms with E-state index in [2.05, 4.69) is 26.1 Å². The summed E-state index contributed by atoms with van der Waals surface area (Å²) in [6.45, 7) is 9.27. The molecule has 2 heteroatoms. The summed E-state index contributed by atoms with van der Waals surface area (Å²) in [5.41, 5.74) is 0. The molecule has 0 aliphatic carbocycles. The van der Waals surface area contributed by atoms with Crippen molar-refractivity contribution in [3.05, 3.63) is 0 Å². The van der Waals surface area contributed by atoms with Crippen molar-refractivity contribution in [2.75, 3.05) is 6.54 Å². The Kier molecular flexibility index (Phi) is 8.44. The molecule has 15 heavy (non-hydrogen) atoms. The van der Waals surface area contributed by atoms with Gasteiger partial charge in [-0.2, -0.15) is 0 Å². The Bertz CT molecular complexity index is 166. The Labute approximate surface area is 94.8 Å². The minimum atomic E-state index is 0.181. The van der Waals surface area contributed by atoms with Crippen molar-refractivity contribution in [3.8, 4) is 0 Å². The topological polar surface area (TPSA) is 29.1 Å². The van der Waals surface area contributed by atoms with Crippen LogP contribution in [0, 0.1) is 11.8 Å². The van der Waals surface area contributed by atoms with Crippen molar-refractivity contribution in [2.24, 2.45) is 11.8 Å². The van der Waals surface area contributed by atoms with E-state index >= 15 is 0 Å². The van der Waals surface area contributed by atoms with Gasteiger partial charge in [0.05, 0.1) is 0 Å². The predicted molar refractivity (Wildman–Crippen MR) is 65.8 cm³/mol. The number of rotatable bonds is 8. The first-order valence-corrected chi connectivity index (χ1v) is 6.35. The number of hydrogen-bond acceptors (Lipinski definition) is 1. The molecule has 0 heterocycles. The summed E-state index contributed by atoms with van der Waals surface area (Å²) in [6, 6.07) is 0. The molecule has 0 radical (unpaired) electrons. The highest BCUT2D eigenvalue weighted by Gasteiger charge is 2.11. The van der Waals surface area contributed by atoms with Crippen molar-refractivity contribution in [2.45, 2.75) is 59.8 Å². The van der Waals surface area contributed by atoms with Crippen LogP contribution in [-0.2, 0) is 4.79 Å². The zero-order valence-electron chi connectivity index (χ0n) is 10.8. The maximum absolute atomic E-state index is 11.6. The standard InChI is InChI=1S/C13H27NO/c1-5-6-7-8-9-12(4)13(15)14-10-11(2)3/h11-12H,5-10H2,1-4H3,(H,14,15). The first kappa shape index (κ1) is 14.5. The highest BCUT2D eigenvalue weighted by atomic mass is 16.1. The third-order valence-corrected chi connectivity index (χ3v) is 2.62. The van der Waals surface area contributed by atoms with E-state index in [1.807, 2.05) is 6.92 Å². The number of amides is 1. The lowest BCUT2D eigenvalue weighted by molar-refractivity contribution is -0.124. The van der Waals surface area contributed by atoms with Gasteiger partial charge in [0.2, 0.25) is 5.91 Å². The van der Waals surface area contributed by atoms with Gasteiger partial charge in [0.15, 0.2) is 0 Å². The molecular formula is C13H27NO. The largest absolute Gasteiger partial charge is 0.356 e. The average Bonchev–Trinajstić information content (AvgIpc) is 2.20. The molecule has 1 amide bonds. The second kappa shape index (κ2) is 8.75. The van der Waals surface area contributed by atoms with Crippen molar-refractivity contribution in [1.29, 1.82) is 0 Å². The lowest BCUT2D eigenvalue weighted by Crippen LogP contribution is -2.32. The zero-order valence-corrected chi connectivity index (χ0v) is 10.8. The SMILES string of the molecule is CCCCCCC(C)C(=O)NCC(C)C. The van der Waals surface area contributed by atoms with Crippen LogP contribution < -0.4 is 5.32 Å². The molecule has 0 saturated carbocycles. The van der Waals surface area contributed by atoms with Crippen LogP contribution >= 0.6 is 0 Å². The molecule has 1 N–H and O–H groups in total. The van der Waals surface area contributed by atoms with E-state index < -0.39 is 0 Å². The van der Waals surface area contributed by atoms with Crippen LogP contribution in [0.1, 0.15) is 59.8 Å². The molecule has 1 atom stereocenters. The first-order chi connectivity index (χ1) is 7.07. The van der Waals surface area contributed by atoms with Crippen molar-refractivity contribution in [3.63, 3.8) is 0 Å². The maximum atomic E-state index is 11.6. The van der Waals surface area contributed by atoms with Crippen LogP contribution in [0.5, 0.6) is 0 Å². The summed E-state index contributed by atoms with van der Waals surface area (Å²) < 4.78 is 0. The molecule has 0 aromatic rings. The Balaban J connectivity index is 3.51. The molecule has 1 unspecified atom stereocenters. The normalized spacial score (nSPS) is 12.9. The average molecular weight is 213 g/mol. The van der Waals surface area contributed by atoms with Crippen LogP contribution in [-0.4, -0.2) is 12.5 Å². The Morgan fingerprint density at radius 1 is 1.13 bits per heavy atom. The lowest BCUT2D eigenvalue weighted by Gasteiger charge is -2.13. The van der Waals surface area contributed by atoms with Gasteiger partial charge in [-0.3, -0.25) is 4.79 Å². The minimum absolute atomic E-state index is 0.181. The van der Waals surface area contributed by atoms with Gasteiger partial charge in [-0.15, -0.1) is 0 Å². The highest BCUT2D eigenvalue weighted by molar-refractivity contribution is 5.78. The van der Waals surface area contributed by atoms with E-state index in [0.29, 0.717) is 5.92 Å². The molecule has 0 aliphatic heterocycles. The third kappa shape index (κ3) is 8.46. The van der Waals surface area contributed by atoms with Crippen LogP contribution in [0.25, 0.3) is 0 Å². The van der Waals surface area contributed by atoms with Gasteiger partial charge in [0.25, 0.3) is 0 Å². The van der Waals surface area contributed by atoms with Gasteiger partial charge in [0.1, 0.15) is 0 Å². The maximum Gasteiger partial charge on any atom is 0.222 e. The third-order valence-electron chi connectivity index (χ3n) is 2.62. The summed E-state index contributed by atoms with van der Waals surface area (Å²) in [4.78, 5) is 11.6. The van der Waals surface area contributed by atoms with E-state index in [9.17, 15) is 4.79 Å². The van der Waals surface area contributed by atoms with Crippen LogP contribution in [0.3, 0.4) is 0 Å². The monoisotopic (exact) mass is 213 g/mol. The van der Waals surface area contributed by atoms with Gasteiger partial charge in [-0.25, -0.2) is 0 Å². The highest BCUT2D eigenvalue weighted by Crippen LogP contribution is 2.10. The van der Waals surface area contributed by atoms with Crippen molar-refractivity contribution < 1.29 is 4.79 Å². The molecular weight excluding hydrogens is 186 g/mol. The smallest absolute Gasteiger partial charge is 0.222 e. The molecule has 0 bridgehead atoms. The number of nitrogens with one attached hydrogen (secondary N) is 1. The molecule has 0 aromatic heterocycles. The molecule has 90 valence electrons. The van der Waals surface area contributed by atoms with Crippen LogP contribution in [0.2, 0.25) is 0 Å². The second-order valence-electron chi connectivity index (χ2n) is 4.89. The van der Waals surface area contributed by atoms with Gasteiger partial charge in [0, 0.05) is 12.5 Å². The van der Waals surface area contributed by atoms with Gasteiger partial charge < -0.3 is 5.32 Å². The molecule has 0 aromatic carbocycles. The van der Waals surface area contributed by atoms with Gasteiger partial charge in [-0.1, -0.05) is 53.4 Å². The van der Waals surface area contributed by atoms with E-state index in [1.54, 1.807) is 0 Å². The predicted octanol–water partition coefficient (Wildman–Crippen LogP) is 3.37. The number of carbonyl (C=O) groups excluding carboxylic acids is 1. The fourth-order valence-corrected chi connectivity index (χ4v) is 1.49. The molecule has 0 fully saturated rings. The Hall–Kier alpha value is -0.530. The summed E-state index contributed by atoms with van der Waals surface area (Å²) in [7, 11) is 0. The number of carbonyl (C=O) groups is 1. The molecule has 0 rings (SSSR count). The summed E-state index contributed by atoms with van der Waals surface area (Å²) in [6.07, 6.45) is 6.03. The van der Waals surface area contributed by atoms with Gasteiger partial charge >= 0.3 is 0 Å². The van der Waals surface area contributed by atoms with E-state index in [4.69, 9.17) is 0 Å². The first-order valence-electron chi connectivity index (χ1n) is 6.35. The molecule has 0 aliphatic rings. The summed E-state index contributed by atoms with van der Waals surface area (Å²) in [5, 5.41) is 2.98. The minimum Gasteiger partial charge on any atom is -0.356 e. The Morgan fingerprint density at radius 2 is 1.80 bits per heavy atom.